The predicted octanol–water partition coefficient (Wildman–Crippen LogP) is 4.65. The highest BCUT2D eigenvalue weighted by atomic mass is 16.5. The number of methoxy groups -OCH3 is 2. The SMILES string of the molecule is CCN(Cc1nc2cc(OC)c(OC)cc2c(=O)[nH]1)C(=O)c1ccc(C2CCCCC2)cc1. The van der Waals surface area contributed by atoms with Crippen molar-refractivity contribution in [2.24, 2.45) is 0 Å². The van der Waals surface area contributed by atoms with Gasteiger partial charge >= 0.3 is 0 Å². The van der Waals surface area contributed by atoms with E-state index in [4.69, 9.17) is 9.47 Å². The van der Waals surface area contributed by atoms with E-state index in [1.807, 2.05) is 19.1 Å². The zero-order valence-electron chi connectivity index (χ0n) is 19.5. The Morgan fingerprint density at radius 3 is 2.36 bits per heavy atom. The van der Waals surface area contributed by atoms with Gasteiger partial charge in [0.05, 0.1) is 31.7 Å². The molecule has 0 spiro atoms. The van der Waals surface area contributed by atoms with Crippen molar-refractivity contribution in [3.8, 4) is 11.5 Å². The smallest absolute Gasteiger partial charge is 0.258 e. The summed E-state index contributed by atoms with van der Waals surface area (Å²) in [6, 6.07) is 11.3. The molecule has 0 unspecified atom stereocenters. The molecule has 7 nitrogen and oxygen atoms in total. The molecule has 1 fully saturated rings. The van der Waals surface area contributed by atoms with Gasteiger partial charge in [-0.15, -0.1) is 0 Å². The van der Waals surface area contributed by atoms with E-state index in [9.17, 15) is 9.59 Å². The molecular formula is C26H31N3O4. The number of fused-ring (bicyclic) bond motifs is 1. The fraction of sp³-hybridized carbons (Fsp3) is 0.423. The van der Waals surface area contributed by atoms with Gasteiger partial charge in [-0.3, -0.25) is 9.59 Å². The Kier molecular flexibility index (Phi) is 6.96. The molecule has 1 heterocycles. The van der Waals surface area contributed by atoms with Crippen molar-refractivity contribution in [2.45, 2.75) is 51.5 Å². The second kappa shape index (κ2) is 10.1. The topological polar surface area (TPSA) is 84.5 Å². The molecule has 1 saturated carbocycles. The number of nitrogens with zero attached hydrogens (tertiary/aromatic N) is 2. The Hall–Kier alpha value is -3.35. The zero-order chi connectivity index (χ0) is 23.4. The predicted molar refractivity (Wildman–Crippen MR) is 128 cm³/mol. The number of H-pyrrole nitrogens is 1. The number of nitrogens with one attached hydrogen (secondary N) is 1. The van der Waals surface area contributed by atoms with Crippen molar-refractivity contribution in [3.63, 3.8) is 0 Å². The first kappa shape index (κ1) is 22.8. The van der Waals surface area contributed by atoms with Gasteiger partial charge in [-0.25, -0.2) is 4.98 Å². The van der Waals surface area contributed by atoms with Crippen molar-refractivity contribution in [3.05, 3.63) is 63.7 Å². The summed E-state index contributed by atoms with van der Waals surface area (Å²) in [7, 11) is 3.06. The number of aromatic nitrogens is 2. The van der Waals surface area contributed by atoms with Gasteiger partial charge in [0.2, 0.25) is 0 Å². The number of carbonyl (C=O) groups is 1. The lowest BCUT2D eigenvalue weighted by Gasteiger charge is -2.23. The summed E-state index contributed by atoms with van der Waals surface area (Å²) in [5.74, 6) is 1.91. The molecule has 33 heavy (non-hydrogen) atoms. The van der Waals surface area contributed by atoms with Crippen LogP contribution in [0.15, 0.2) is 41.2 Å². The van der Waals surface area contributed by atoms with Crippen LogP contribution in [0.2, 0.25) is 0 Å². The van der Waals surface area contributed by atoms with Crippen LogP contribution >= 0.6 is 0 Å². The molecule has 3 aromatic rings. The second-order valence-corrected chi connectivity index (χ2v) is 8.51. The Labute approximate surface area is 193 Å². The van der Waals surface area contributed by atoms with E-state index in [1.165, 1.54) is 51.9 Å². The summed E-state index contributed by atoms with van der Waals surface area (Å²) in [4.78, 5) is 34.9. The lowest BCUT2D eigenvalue weighted by atomic mass is 9.84. The molecule has 0 aliphatic heterocycles. The van der Waals surface area contributed by atoms with Crippen molar-refractivity contribution in [1.82, 2.24) is 14.9 Å². The van der Waals surface area contributed by atoms with Crippen LogP contribution in [0.3, 0.4) is 0 Å². The summed E-state index contributed by atoms with van der Waals surface area (Å²) < 4.78 is 10.6. The maximum absolute atomic E-state index is 13.2. The fourth-order valence-electron chi connectivity index (χ4n) is 4.61. The lowest BCUT2D eigenvalue weighted by molar-refractivity contribution is 0.0748. The number of amides is 1. The summed E-state index contributed by atoms with van der Waals surface area (Å²) in [6.45, 7) is 2.62. The molecule has 1 aliphatic carbocycles. The van der Waals surface area contributed by atoms with Gasteiger partial charge in [-0.2, -0.15) is 0 Å². The van der Waals surface area contributed by atoms with Gasteiger partial charge in [0.15, 0.2) is 11.5 Å². The zero-order valence-corrected chi connectivity index (χ0v) is 19.5. The van der Waals surface area contributed by atoms with Crippen LogP contribution in [-0.4, -0.2) is 41.5 Å². The summed E-state index contributed by atoms with van der Waals surface area (Å²) in [5.41, 5.74) is 2.17. The first-order valence-corrected chi connectivity index (χ1v) is 11.6. The number of ether oxygens (including phenoxy) is 2. The highest BCUT2D eigenvalue weighted by Gasteiger charge is 2.19. The largest absolute Gasteiger partial charge is 0.493 e. The van der Waals surface area contributed by atoms with Gasteiger partial charge in [-0.1, -0.05) is 31.4 Å². The molecule has 0 radical (unpaired) electrons. The standard InChI is InChI=1S/C26H31N3O4/c1-4-29(26(31)19-12-10-18(11-13-19)17-8-6-5-7-9-17)16-24-27-21-15-23(33-3)22(32-2)14-20(21)25(30)28-24/h10-15,17H,4-9,16H2,1-3H3,(H,27,28,30). The van der Waals surface area contributed by atoms with Gasteiger partial charge in [-0.05, 0) is 49.4 Å². The molecule has 0 bridgehead atoms. The minimum atomic E-state index is -0.281. The van der Waals surface area contributed by atoms with E-state index in [2.05, 4.69) is 22.1 Å². The van der Waals surface area contributed by atoms with Gasteiger partial charge in [0, 0.05) is 18.2 Å². The van der Waals surface area contributed by atoms with Crippen molar-refractivity contribution >= 4 is 16.8 Å². The van der Waals surface area contributed by atoms with E-state index in [0.29, 0.717) is 46.3 Å². The van der Waals surface area contributed by atoms with Gasteiger partial charge < -0.3 is 19.4 Å². The third kappa shape index (κ3) is 4.87. The lowest BCUT2D eigenvalue weighted by Crippen LogP contribution is -2.32. The van der Waals surface area contributed by atoms with E-state index in [0.717, 1.165) is 0 Å². The number of hydrogen-bond donors (Lipinski definition) is 1. The third-order valence-corrected chi connectivity index (χ3v) is 6.50. The Bertz CT molecular complexity index is 1180. The minimum absolute atomic E-state index is 0.0808. The van der Waals surface area contributed by atoms with Crippen LogP contribution in [0.1, 0.15) is 66.7 Å². The quantitative estimate of drug-likeness (QED) is 0.568. The van der Waals surface area contributed by atoms with Crippen LogP contribution in [0.4, 0.5) is 0 Å². The highest BCUT2D eigenvalue weighted by Crippen LogP contribution is 2.33. The number of carbonyl (C=O) groups excluding carboxylic acids is 1. The molecule has 1 amide bonds. The summed E-state index contributed by atoms with van der Waals surface area (Å²) in [6.07, 6.45) is 6.34. The monoisotopic (exact) mass is 449 g/mol. The first-order valence-electron chi connectivity index (χ1n) is 11.6. The number of hydrogen-bond acceptors (Lipinski definition) is 5. The number of benzene rings is 2. The maximum atomic E-state index is 13.2. The first-order chi connectivity index (χ1) is 16.0. The van der Waals surface area contributed by atoms with E-state index in [-0.39, 0.29) is 18.0 Å². The second-order valence-electron chi connectivity index (χ2n) is 8.51. The van der Waals surface area contributed by atoms with Crippen LogP contribution in [0.5, 0.6) is 11.5 Å². The summed E-state index contributed by atoms with van der Waals surface area (Å²) >= 11 is 0. The molecule has 0 saturated heterocycles. The molecule has 2 aromatic carbocycles. The highest BCUT2D eigenvalue weighted by molar-refractivity contribution is 5.94. The molecule has 0 atom stereocenters. The van der Waals surface area contributed by atoms with Crippen molar-refractivity contribution in [1.29, 1.82) is 0 Å². The van der Waals surface area contributed by atoms with Crippen molar-refractivity contribution < 1.29 is 14.3 Å². The Balaban J connectivity index is 1.55. The van der Waals surface area contributed by atoms with E-state index in [1.54, 1.807) is 17.0 Å². The summed E-state index contributed by atoms with van der Waals surface area (Å²) in [5, 5.41) is 0.407. The van der Waals surface area contributed by atoms with E-state index < -0.39 is 0 Å². The number of aromatic amines is 1. The van der Waals surface area contributed by atoms with Crippen molar-refractivity contribution in [2.75, 3.05) is 20.8 Å². The van der Waals surface area contributed by atoms with Crippen LogP contribution in [-0.2, 0) is 6.54 Å². The van der Waals surface area contributed by atoms with Crippen LogP contribution in [0.25, 0.3) is 10.9 Å². The molecule has 1 N–H and O–H groups in total. The molecular weight excluding hydrogens is 418 g/mol. The minimum Gasteiger partial charge on any atom is -0.493 e. The molecule has 7 heteroatoms. The third-order valence-electron chi connectivity index (χ3n) is 6.50. The fourth-order valence-corrected chi connectivity index (χ4v) is 4.61. The Morgan fingerprint density at radius 1 is 1.06 bits per heavy atom. The molecule has 1 aromatic heterocycles. The average Bonchev–Trinajstić information content (AvgIpc) is 2.86. The van der Waals surface area contributed by atoms with E-state index >= 15 is 0 Å². The van der Waals surface area contributed by atoms with Crippen LogP contribution < -0.4 is 15.0 Å². The van der Waals surface area contributed by atoms with Gasteiger partial charge in [0.1, 0.15) is 5.82 Å². The number of rotatable bonds is 7. The molecule has 174 valence electrons. The Morgan fingerprint density at radius 2 is 1.73 bits per heavy atom. The average molecular weight is 450 g/mol. The maximum Gasteiger partial charge on any atom is 0.258 e. The molecule has 4 rings (SSSR count). The van der Waals surface area contributed by atoms with Crippen LogP contribution in [0, 0.1) is 0 Å². The van der Waals surface area contributed by atoms with Gasteiger partial charge in [0.25, 0.3) is 11.5 Å². The molecule has 1 aliphatic rings. The normalized spacial score (nSPS) is 14.3.